The van der Waals surface area contributed by atoms with E-state index in [-0.39, 0.29) is 0 Å². The molecule has 2 rings (SSSR count). The number of rotatable bonds is 3. The number of nitrogens with zero attached hydrogens (tertiary/aromatic N) is 1. The Kier molecular flexibility index (Phi) is 2.93. The van der Waals surface area contributed by atoms with E-state index in [9.17, 15) is 0 Å². The van der Waals surface area contributed by atoms with Crippen LogP contribution < -0.4 is 5.73 Å². The van der Waals surface area contributed by atoms with Gasteiger partial charge in [0.05, 0.1) is 28.8 Å². The van der Waals surface area contributed by atoms with E-state index < -0.39 is 0 Å². The number of aromatic nitrogens is 1. The maximum absolute atomic E-state index is 5.45. The molecule has 0 aromatic carbocycles. The summed E-state index contributed by atoms with van der Waals surface area (Å²) in [5, 5.41) is 1.22. The summed E-state index contributed by atoms with van der Waals surface area (Å²) in [4.78, 5) is 5.89. The maximum Gasteiger partial charge on any atom is 0.0932 e. The van der Waals surface area contributed by atoms with Gasteiger partial charge in [-0.05, 0) is 13.0 Å². The monoisotopic (exact) mass is 198 g/mol. The molecule has 1 aromatic rings. The fraction of sp³-hybridized carbons (Fsp3) is 0.667. The van der Waals surface area contributed by atoms with Crippen LogP contribution in [0.25, 0.3) is 0 Å². The van der Waals surface area contributed by atoms with Crippen molar-refractivity contribution in [2.24, 2.45) is 5.73 Å². The first kappa shape index (κ1) is 9.12. The van der Waals surface area contributed by atoms with E-state index in [1.807, 2.05) is 0 Å². The van der Waals surface area contributed by atoms with Gasteiger partial charge in [0.2, 0.25) is 0 Å². The summed E-state index contributed by atoms with van der Waals surface area (Å²) in [6.45, 7) is 2.34. The van der Waals surface area contributed by atoms with Crippen LogP contribution in [0.15, 0.2) is 0 Å². The molecule has 0 atom stereocenters. The van der Waals surface area contributed by atoms with E-state index >= 15 is 0 Å². The molecule has 2 N–H and O–H groups in total. The molecule has 3 nitrogen and oxygen atoms in total. The summed E-state index contributed by atoms with van der Waals surface area (Å²) in [6.07, 6.45) is 3.04. The van der Waals surface area contributed by atoms with Gasteiger partial charge >= 0.3 is 0 Å². The Bertz CT molecular complexity index is 262. The molecule has 0 unspecified atom stereocenters. The highest BCUT2D eigenvalue weighted by Gasteiger charge is 2.14. The van der Waals surface area contributed by atoms with Gasteiger partial charge in [0.25, 0.3) is 0 Å². The van der Waals surface area contributed by atoms with Gasteiger partial charge in [-0.25, -0.2) is 4.98 Å². The number of hydrogen-bond donors (Lipinski definition) is 1. The summed E-state index contributed by atoms with van der Waals surface area (Å²) in [5.74, 6) is 0. The molecule has 4 heteroatoms. The van der Waals surface area contributed by atoms with Crippen molar-refractivity contribution < 1.29 is 4.74 Å². The molecule has 0 radical (unpaired) electrons. The van der Waals surface area contributed by atoms with Crippen LogP contribution in [0.5, 0.6) is 0 Å². The minimum atomic E-state index is 0.751. The summed E-state index contributed by atoms with van der Waals surface area (Å²) in [5.41, 5.74) is 6.70. The average molecular weight is 198 g/mol. The van der Waals surface area contributed by atoms with Crippen molar-refractivity contribution in [2.45, 2.75) is 25.9 Å². The zero-order chi connectivity index (χ0) is 9.10. The standard InChI is InChI=1S/C9H14N2OS/c10-4-1-2-9-11-7-3-5-12-6-8(7)13-9/h1-6,10H2. The van der Waals surface area contributed by atoms with Crippen molar-refractivity contribution in [2.75, 3.05) is 13.2 Å². The minimum Gasteiger partial charge on any atom is -0.375 e. The van der Waals surface area contributed by atoms with Gasteiger partial charge in [-0.15, -0.1) is 11.3 Å². The first-order valence-electron chi connectivity index (χ1n) is 4.65. The number of nitrogens with two attached hydrogens (primary N) is 1. The number of fused-ring (bicyclic) bond motifs is 1. The smallest absolute Gasteiger partial charge is 0.0932 e. The lowest BCUT2D eigenvalue weighted by Gasteiger charge is -2.08. The topological polar surface area (TPSA) is 48.1 Å². The number of thiazole rings is 1. The van der Waals surface area contributed by atoms with Crippen LogP contribution in [-0.2, 0) is 24.2 Å². The quantitative estimate of drug-likeness (QED) is 0.791. The lowest BCUT2D eigenvalue weighted by Crippen LogP contribution is -2.07. The van der Waals surface area contributed by atoms with Crippen LogP contribution in [-0.4, -0.2) is 18.1 Å². The van der Waals surface area contributed by atoms with Crippen LogP contribution in [0.4, 0.5) is 0 Å². The third kappa shape index (κ3) is 2.07. The Morgan fingerprint density at radius 3 is 3.23 bits per heavy atom. The van der Waals surface area contributed by atoms with Crippen LogP contribution >= 0.6 is 11.3 Å². The third-order valence-electron chi connectivity index (χ3n) is 2.13. The first-order valence-corrected chi connectivity index (χ1v) is 5.47. The van der Waals surface area contributed by atoms with Crippen molar-refractivity contribution >= 4 is 11.3 Å². The van der Waals surface area contributed by atoms with Gasteiger partial charge in [0, 0.05) is 12.8 Å². The first-order chi connectivity index (χ1) is 6.40. The molecule has 0 amide bonds. The minimum absolute atomic E-state index is 0.751. The zero-order valence-electron chi connectivity index (χ0n) is 7.58. The molecule has 0 saturated carbocycles. The zero-order valence-corrected chi connectivity index (χ0v) is 8.40. The van der Waals surface area contributed by atoms with E-state index in [0.29, 0.717) is 0 Å². The van der Waals surface area contributed by atoms with Crippen molar-refractivity contribution in [1.82, 2.24) is 4.98 Å². The molecular weight excluding hydrogens is 184 g/mol. The Labute approximate surface area is 81.9 Å². The molecule has 0 fully saturated rings. The Balaban J connectivity index is 2.07. The molecule has 1 aliphatic heterocycles. The summed E-state index contributed by atoms with van der Waals surface area (Å²) >= 11 is 1.78. The molecule has 0 saturated heterocycles. The Morgan fingerprint density at radius 1 is 1.54 bits per heavy atom. The van der Waals surface area contributed by atoms with Crippen LogP contribution in [0.2, 0.25) is 0 Å². The number of aryl methyl sites for hydroxylation is 1. The predicted molar refractivity (Wildman–Crippen MR) is 52.8 cm³/mol. The van der Waals surface area contributed by atoms with E-state index in [0.717, 1.165) is 39.0 Å². The lowest BCUT2D eigenvalue weighted by molar-refractivity contribution is 0.112. The largest absolute Gasteiger partial charge is 0.375 e. The number of hydrogen-bond acceptors (Lipinski definition) is 4. The van der Waals surface area contributed by atoms with Gasteiger partial charge in [-0.1, -0.05) is 0 Å². The van der Waals surface area contributed by atoms with Crippen LogP contribution in [0, 0.1) is 0 Å². The SMILES string of the molecule is NCCCc1nc2c(s1)COCC2. The molecule has 1 aliphatic rings. The summed E-state index contributed by atoms with van der Waals surface area (Å²) in [7, 11) is 0. The van der Waals surface area contributed by atoms with Gasteiger partial charge in [-0.2, -0.15) is 0 Å². The van der Waals surface area contributed by atoms with Crippen LogP contribution in [0.1, 0.15) is 22.0 Å². The highest BCUT2D eigenvalue weighted by molar-refractivity contribution is 7.11. The molecular formula is C9H14N2OS. The second kappa shape index (κ2) is 4.17. The molecule has 1 aromatic heterocycles. The maximum atomic E-state index is 5.45. The van der Waals surface area contributed by atoms with Crippen molar-refractivity contribution in [3.05, 3.63) is 15.6 Å². The van der Waals surface area contributed by atoms with Crippen molar-refractivity contribution in [1.29, 1.82) is 0 Å². The predicted octanol–water partition coefficient (Wildman–Crippen LogP) is 1.11. The summed E-state index contributed by atoms with van der Waals surface area (Å²) < 4.78 is 5.36. The molecule has 0 bridgehead atoms. The average Bonchev–Trinajstić information content (AvgIpc) is 2.57. The van der Waals surface area contributed by atoms with Gasteiger partial charge in [0.1, 0.15) is 0 Å². The number of ether oxygens (including phenoxy) is 1. The highest BCUT2D eigenvalue weighted by Crippen LogP contribution is 2.24. The summed E-state index contributed by atoms with van der Waals surface area (Å²) in [6, 6.07) is 0. The Morgan fingerprint density at radius 2 is 2.46 bits per heavy atom. The van der Waals surface area contributed by atoms with E-state index in [2.05, 4.69) is 4.98 Å². The normalized spacial score (nSPS) is 15.8. The van der Waals surface area contributed by atoms with E-state index in [1.165, 1.54) is 15.6 Å². The van der Waals surface area contributed by atoms with Crippen molar-refractivity contribution in [3.8, 4) is 0 Å². The molecule has 72 valence electrons. The molecule has 13 heavy (non-hydrogen) atoms. The third-order valence-corrected chi connectivity index (χ3v) is 3.26. The van der Waals surface area contributed by atoms with Crippen molar-refractivity contribution in [3.63, 3.8) is 0 Å². The molecule has 2 heterocycles. The van der Waals surface area contributed by atoms with Gasteiger partial charge < -0.3 is 10.5 Å². The molecule has 0 aliphatic carbocycles. The Hall–Kier alpha value is -0.450. The fourth-order valence-corrected chi connectivity index (χ4v) is 2.53. The van der Waals surface area contributed by atoms with Crippen LogP contribution in [0.3, 0.4) is 0 Å². The second-order valence-electron chi connectivity index (χ2n) is 3.17. The second-order valence-corrected chi connectivity index (χ2v) is 4.34. The van der Waals surface area contributed by atoms with Gasteiger partial charge in [0.15, 0.2) is 0 Å². The fourth-order valence-electron chi connectivity index (χ4n) is 1.44. The molecule has 0 spiro atoms. The van der Waals surface area contributed by atoms with Gasteiger partial charge in [-0.3, -0.25) is 0 Å². The lowest BCUT2D eigenvalue weighted by atomic mass is 10.2. The van der Waals surface area contributed by atoms with E-state index in [1.54, 1.807) is 11.3 Å². The van der Waals surface area contributed by atoms with E-state index in [4.69, 9.17) is 10.5 Å². The highest BCUT2D eigenvalue weighted by atomic mass is 32.1.